The number of thioether (sulfide) groups is 1. The molecule has 1 atom stereocenters. The highest BCUT2D eigenvalue weighted by Gasteiger charge is 2.32. The number of carbonyl (C=O) groups excluding carboxylic acids is 1. The van der Waals surface area contributed by atoms with Crippen molar-refractivity contribution in [3.8, 4) is 0 Å². The molecule has 114 valence electrons. The molecule has 21 heavy (non-hydrogen) atoms. The van der Waals surface area contributed by atoms with Gasteiger partial charge in [-0.1, -0.05) is 19.9 Å². The summed E-state index contributed by atoms with van der Waals surface area (Å²) in [5.41, 5.74) is 2.32. The van der Waals surface area contributed by atoms with Crippen molar-refractivity contribution in [2.75, 3.05) is 22.1 Å². The zero-order valence-corrected chi connectivity index (χ0v) is 13.6. The van der Waals surface area contributed by atoms with Gasteiger partial charge in [-0.25, -0.2) is 0 Å². The van der Waals surface area contributed by atoms with E-state index < -0.39 is 0 Å². The molecule has 2 aliphatic rings. The summed E-state index contributed by atoms with van der Waals surface area (Å²) in [5.74, 6) is 2.81. The molecule has 1 aromatic rings. The smallest absolute Gasteiger partial charge is 0.227 e. The van der Waals surface area contributed by atoms with E-state index in [1.807, 2.05) is 23.9 Å². The fraction of sp³-hybridized carbons (Fsp3) is 0.588. The van der Waals surface area contributed by atoms with Gasteiger partial charge in [-0.2, -0.15) is 11.8 Å². The van der Waals surface area contributed by atoms with Crippen LogP contribution in [0.1, 0.15) is 33.1 Å². The van der Waals surface area contributed by atoms with Crippen LogP contribution >= 0.6 is 11.8 Å². The zero-order valence-electron chi connectivity index (χ0n) is 12.8. The van der Waals surface area contributed by atoms with E-state index in [0.717, 1.165) is 30.0 Å². The normalized spacial score (nSPS) is 24.4. The SMILES string of the molecule is CC1(C)CCSCC1Nc1cccc(NC(=O)C2CC2)c1. The first kappa shape index (κ1) is 14.8. The van der Waals surface area contributed by atoms with Gasteiger partial charge in [-0.3, -0.25) is 4.79 Å². The van der Waals surface area contributed by atoms with E-state index in [4.69, 9.17) is 0 Å². The molecule has 3 rings (SSSR count). The summed E-state index contributed by atoms with van der Waals surface area (Å²) in [6.07, 6.45) is 3.32. The third-order valence-electron chi connectivity index (χ3n) is 4.54. The monoisotopic (exact) mass is 304 g/mol. The molecule has 0 aromatic heterocycles. The van der Waals surface area contributed by atoms with Crippen LogP contribution in [0.4, 0.5) is 11.4 Å². The van der Waals surface area contributed by atoms with Crippen LogP contribution in [-0.4, -0.2) is 23.5 Å². The number of benzene rings is 1. The predicted molar refractivity (Wildman–Crippen MR) is 90.9 cm³/mol. The Morgan fingerprint density at radius 2 is 2.05 bits per heavy atom. The number of carbonyl (C=O) groups is 1. The molecule has 0 spiro atoms. The van der Waals surface area contributed by atoms with Crippen LogP contribution < -0.4 is 10.6 Å². The highest BCUT2D eigenvalue weighted by Crippen LogP contribution is 2.36. The third kappa shape index (κ3) is 3.73. The summed E-state index contributed by atoms with van der Waals surface area (Å²) >= 11 is 2.02. The summed E-state index contributed by atoms with van der Waals surface area (Å²) < 4.78 is 0. The van der Waals surface area contributed by atoms with Crippen LogP contribution in [0.15, 0.2) is 24.3 Å². The quantitative estimate of drug-likeness (QED) is 0.884. The Labute approximate surface area is 131 Å². The van der Waals surface area contributed by atoms with Crippen molar-refractivity contribution in [3.05, 3.63) is 24.3 Å². The number of nitrogens with one attached hydrogen (secondary N) is 2. The van der Waals surface area contributed by atoms with Crippen LogP contribution in [0.5, 0.6) is 0 Å². The Bertz CT molecular complexity index is 525. The molecule has 3 nitrogen and oxygen atoms in total. The first-order valence-electron chi connectivity index (χ1n) is 7.80. The Morgan fingerprint density at radius 1 is 1.29 bits per heavy atom. The summed E-state index contributed by atoms with van der Waals surface area (Å²) in [6.45, 7) is 4.67. The molecule has 1 heterocycles. The van der Waals surface area contributed by atoms with Crippen molar-refractivity contribution in [1.82, 2.24) is 0 Å². The fourth-order valence-electron chi connectivity index (χ4n) is 2.65. The van der Waals surface area contributed by atoms with Gasteiger partial charge >= 0.3 is 0 Å². The largest absolute Gasteiger partial charge is 0.381 e. The molecule has 1 aromatic carbocycles. The topological polar surface area (TPSA) is 41.1 Å². The molecule has 1 saturated carbocycles. The van der Waals surface area contributed by atoms with Gasteiger partial charge in [-0.05, 0) is 48.6 Å². The van der Waals surface area contributed by atoms with E-state index in [-0.39, 0.29) is 11.8 Å². The second kappa shape index (κ2) is 5.91. The van der Waals surface area contributed by atoms with Crippen LogP contribution in [0.2, 0.25) is 0 Å². The van der Waals surface area contributed by atoms with Crippen molar-refractivity contribution in [2.45, 2.75) is 39.2 Å². The average Bonchev–Trinajstić information content (AvgIpc) is 3.26. The van der Waals surface area contributed by atoms with Gasteiger partial charge in [-0.15, -0.1) is 0 Å². The van der Waals surface area contributed by atoms with E-state index in [1.54, 1.807) is 0 Å². The third-order valence-corrected chi connectivity index (χ3v) is 5.60. The van der Waals surface area contributed by atoms with Crippen LogP contribution in [0.3, 0.4) is 0 Å². The molecule has 2 fully saturated rings. The highest BCUT2D eigenvalue weighted by molar-refractivity contribution is 7.99. The second-order valence-corrected chi connectivity index (χ2v) is 8.00. The maximum absolute atomic E-state index is 11.8. The van der Waals surface area contributed by atoms with Crippen molar-refractivity contribution in [2.24, 2.45) is 11.3 Å². The number of rotatable bonds is 4. The molecule has 4 heteroatoms. The first-order chi connectivity index (χ1) is 10.0. The first-order valence-corrected chi connectivity index (χ1v) is 8.95. The Kier molecular flexibility index (Phi) is 4.16. The van der Waals surface area contributed by atoms with Crippen molar-refractivity contribution < 1.29 is 4.79 Å². The van der Waals surface area contributed by atoms with Gasteiger partial charge in [0.2, 0.25) is 5.91 Å². The molecular weight excluding hydrogens is 280 g/mol. The van der Waals surface area contributed by atoms with E-state index >= 15 is 0 Å². The summed E-state index contributed by atoms with van der Waals surface area (Å²) in [5, 5.41) is 6.68. The van der Waals surface area contributed by atoms with Crippen LogP contribution in [0, 0.1) is 11.3 Å². The number of hydrogen-bond acceptors (Lipinski definition) is 3. The minimum atomic E-state index is 0.167. The Balaban J connectivity index is 1.66. The Morgan fingerprint density at radius 3 is 2.76 bits per heavy atom. The summed E-state index contributed by atoms with van der Waals surface area (Å²) in [4.78, 5) is 11.8. The number of hydrogen-bond donors (Lipinski definition) is 2. The average molecular weight is 304 g/mol. The van der Waals surface area contributed by atoms with Gasteiger partial charge in [0, 0.05) is 29.1 Å². The van der Waals surface area contributed by atoms with E-state index in [1.165, 1.54) is 12.2 Å². The minimum Gasteiger partial charge on any atom is -0.381 e. The molecule has 1 unspecified atom stereocenters. The van der Waals surface area contributed by atoms with E-state index in [9.17, 15) is 4.79 Å². The molecule has 1 saturated heterocycles. The molecule has 1 aliphatic heterocycles. The highest BCUT2D eigenvalue weighted by atomic mass is 32.2. The van der Waals surface area contributed by atoms with Crippen LogP contribution in [-0.2, 0) is 4.79 Å². The Hall–Kier alpha value is -1.16. The number of amides is 1. The van der Waals surface area contributed by atoms with Crippen LogP contribution in [0.25, 0.3) is 0 Å². The lowest BCUT2D eigenvalue weighted by Gasteiger charge is -2.39. The van der Waals surface area contributed by atoms with Gasteiger partial charge < -0.3 is 10.6 Å². The lowest BCUT2D eigenvalue weighted by molar-refractivity contribution is -0.117. The molecule has 2 N–H and O–H groups in total. The van der Waals surface area contributed by atoms with E-state index in [2.05, 4.69) is 36.6 Å². The predicted octanol–water partition coefficient (Wildman–Crippen LogP) is 3.98. The maximum Gasteiger partial charge on any atom is 0.227 e. The van der Waals surface area contributed by atoms with Crippen molar-refractivity contribution in [3.63, 3.8) is 0 Å². The minimum absolute atomic E-state index is 0.167. The molecule has 1 aliphatic carbocycles. The van der Waals surface area contributed by atoms with Gasteiger partial charge in [0.05, 0.1) is 0 Å². The lowest BCUT2D eigenvalue weighted by atomic mass is 9.82. The standard InChI is InChI=1S/C17H24N2OS/c1-17(2)8-9-21-11-15(17)18-13-4-3-5-14(10-13)19-16(20)12-6-7-12/h3-5,10,12,15,18H,6-9,11H2,1-2H3,(H,19,20). The fourth-order valence-corrected chi connectivity index (χ4v) is 4.26. The van der Waals surface area contributed by atoms with Gasteiger partial charge in [0.25, 0.3) is 0 Å². The molecule has 0 bridgehead atoms. The zero-order chi connectivity index (χ0) is 14.9. The number of anilines is 2. The lowest BCUT2D eigenvalue weighted by Crippen LogP contribution is -2.41. The van der Waals surface area contributed by atoms with Crippen molar-refractivity contribution >= 4 is 29.0 Å². The molecular formula is C17H24N2OS. The van der Waals surface area contributed by atoms with Crippen molar-refractivity contribution in [1.29, 1.82) is 0 Å². The van der Waals surface area contributed by atoms with Gasteiger partial charge in [0.15, 0.2) is 0 Å². The molecule has 1 amide bonds. The second-order valence-electron chi connectivity index (χ2n) is 6.85. The summed E-state index contributed by atoms with van der Waals surface area (Å²) in [7, 11) is 0. The van der Waals surface area contributed by atoms with Gasteiger partial charge in [0.1, 0.15) is 0 Å². The molecule has 0 radical (unpaired) electrons. The van der Waals surface area contributed by atoms with E-state index in [0.29, 0.717) is 11.5 Å². The summed E-state index contributed by atoms with van der Waals surface area (Å²) in [6, 6.07) is 8.59. The maximum atomic E-state index is 11.8.